The van der Waals surface area contributed by atoms with Crippen molar-refractivity contribution >= 4 is 25.8 Å². The monoisotopic (exact) mass is 489 g/mol. The van der Waals surface area contributed by atoms with E-state index < -0.39 is 13.9 Å². The highest BCUT2D eigenvalue weighted by Crippen LogP contribution is 2.42. The van der Waals surface area contributed by atoms with Crippen LogP contribution in [0.5, 0.6) is 5.75 Å². The lowest BCUT2D eigenvalue weighted by Crippen LogP contribution is -2.48. The lowest BCUT2D eigenvalue weighted by Gasteiger charge is -2.40. The van der Waals surface area contributed by atoms with Crippen LogP contribution in [0.25, 0.3) is 5.57 Å². The van der Waals surface area contributed by atoms with Crippen molar-refractivity contribution in [3.63, 3.8) is 0 Å². The van der Waals surface area contributed by atoms with Gasteiger partial charge >= 0.3 is 6.09 Å². The highest BCUT2D eigenvalue weighted by molar-refractivity contribution is 6.74. The molecule has 2 aliphatic rings. The molecule has 190 valence electrons. The molecular weight excluding hydrogens is 446 g/mol. The molecule has 0 saturated carbocycles. The Balaban J connectivity index is 2.03. The van der Waals surface area contributed by atoms with Crippen LogP contribution in [0, 0.1) is 6.92 Å². The first-order valence-corrected chi connectivity index (χ1v) is 15.3. The lowest BCUT2D eigenvalue weighted by molar-refractivity contribution is 0.0196. The zero-order valence-electron chi connectivity index (χ0n) is 22.5. The first kappa shape index (κ1) is 26.5. The van der Waals surface area contributed by atoms with E-state index in [0.29, 0.717) is 31.9 Å². The van der Waals surface area contributed by atoms with Gasteiger partial charge in [0.2, 0.25) is 0 Å². The summed E-state index contributed by atoms with van der Waals surface area (Å²) in [4.78, 5) is 19.4. The molecular formula is C26H43N3O4Si. The molecule has 1 atom stereocenters. The largest absolute Gasteiger partial charge is 0.491 e. The summed E-state index contributed by atoms with van der Waals surface area (Å²) in [5.74, 6) is 1.37. The van der Waals surface area contributed by atoms with Gasteiger partial charge in [-0.15, -0.1) is 0 Å². The molecule has 3 heterocycles. The van der Waals surface area contributed by atoms with Crippen molar-refractivity contribution < 1.29 is 18.7 Å². The SMILES string of the molecule is Cc1c(N)nc2c(c1C1=CCN(C(=O)OC(C)(C)C)CC(O[Si](C)(C)C(C)(C)C)C1)OCCC2. The van der Waals surface area contributed by atoms with Gasteiger partial charge in [-0.3, -0.25) is 0 Å². The first-order valence-electron chi connectivity index (χ1n) is 12.4. The van der Waals surface area contributed by atoms with Crippen LogP contribution in [-0.2, 0) is 15.6 Å². The number of rotatable bonds is 3. The number of fused-ring (bicyclic) bond motifs is 1. The molecule has 2 N–H and O–H groups in total. The number of hydrogen-bond donors (Lipinski definition) is 1. The molecule has 1 aromatic rings. The zero-order chi connectivity index (χ0) is 25.5. The molecule has 34 heavy (non-hydrogen) atoms. The van der Waals surface area contributed by atoms with E-state index in [1.807, 2.05) is 27.7 Å². The Bertz CT molecular complexity index is 960. The van der Waals surface area contributed by atoms with Crippen LogP contribution in [0.4, 0.5) is 10.6 Å². The number of nitrogens with zero attached hydrogens (tertiary/aromatic N) is 2. The van der Waals surface area contributed by atoms with Crippen LogP contribution < -0.4 is 10.5 Å². The minimum absolute atomic E-state index is 0.0548. The predicted molar refractivity (Wildman–Crippen MR) is 140 cm³/mol. The Morgan fingerprint density at radius 2 is 1.91 bits per heavy atom. The third-order valence-corrected chi connectivity index (χ3v) is 11.5. The minimum atomic E-state index is -2.08. The fourth-order valence-electron chi connectivity index (χ4n) is 4.13. The summed E-state index contributed by atoms with van der Waals surface area (Å²) in [5.41, 5.74) is 9.71. The van der Waals surface area contributed by atoms with Crippen molar-refractivity contribution in [1.29, 1.82) is 0 Å². The van der Waals surface area contributed by atoms with E-state index in [9.17, 15) is 4.79 Å². The Morgan fingerprint density at radius 3 is 2.53 bits per heavy atom. The van der Waals surface area contributed by atoms with Gasteiger partial charge < -0.3 is 24.5 Å². The van der Waals surface area contributed by atoms with Gasteiger partial charge in [-0.25, -0.2) is 9.78 Å². The molecule has 0 spiro atoms. The van der Waals surface area contributed by atoms with Crippen molar-refractivity contribution in [2.24, 2.45) is 0 Å². The van der Waals surface area contributed by atoms with Crippen LogP contribution in [0.15, 0.2) is 6.08 Å². The number of ether oxygens (including phenoxy) is 2. The highest BCUT2D eigenvalue weighted by atomic mass is 28.4. The molecule has 0 aliphatic carbocycles. The summed E-state index contributed by atoms with van der Waals surface area (Å²) in [6.07, 6.45) is 4.09. The van der Waals surface area contributed by atoms with Gasteiger partial charge in [0.05, 0.1) is 18.4 Å². The van der Waals surface area contributed by atoms with E-state index >= 15 is 0 Å². The number of carbonyl (C=O) groups is 1. The van der Waals surface area contributed by atoms with E-state index in [2.05, 4.69) is 44.9 Å². The highest BCUT2D eigenvalue weighted by Gasteiger charge is 2.41. The number of anilines is 1. The smallest absolute Gasteiger partial charge is 0.410 e. The maximum atomic E-state index is 13.0. The summed E-state index contributed by atoms with van der Waals surface area (Å²) in [6.45, 7) is 20.5. The number of amides is 1. The lowest BCUT2D eigenvalue weighted by atomic mass is 9.93. The molecule has 2 aliphatic heterocycles. The summed E-state index contributed by atoms with van der Waals surface area (Å²) >= 11 is 0. The number of nitrogen functional groups attached to an aromatic ring is 1. The summed E-state index contributed by atoms with van der Waals surface area (Å²) in [5, 5.41) is 0.0548. The second kappa shape index (κ2) is 9.53. The predicted octanol–water partition coefficient (Wildman–Crippen LogP) is 5.71. The zero-order valence-corrected chi connectivity index (χ0v) is 23.5. The van der Waals surface area contributed by atoms with E-state index in [4.69, 9.17) is 19.6 Å². The Labute approximate surface area is 206 Å². The topological polar surface area (TPSA) is 86.9 Å². The van der Waals surface area contributed by atoms with E-state index in [0.717, 1.165) is 41.0 Å². The molecule has 1 aromatic heterocycles. The normalized spacial score (nSPS) is 19.6. The van der Waals surface area contributed by atoms with Crippen molar-refractivity contribution in [3.8, 4) is 5.75 Å². The van der Waals surface area contributed by atoms with Crippen molar-refractivity contribution in [2.75, 3.05) is 25.4 Å². The molecule has 0 bridgehead atoms. The Kier molecular flexibility index (Phi) is 7.44. The third kappa shape index (κ3) is 5.94. The molecule has 3 rings (SSSR count). The number of hydrogen-bond acceptors (Lipinski definition) is 6. The summed E-state index contributed by atoms with van der Waals surface area (Å²) in [7, 11) is -2.08. The van der Waals surface area contributed by atoms with Crippen molar-refractivity contribution in [3.05, 3.63) is 22.9 Å². The van der Waals surface area contributed by atoms with Gasteiger partial charge in [-0.1, -0.05) is 26.8 Å². The van der Waals surface area contributed by atoms with Gasteiger partial charge in [0.1, 0.15) is 17.2 Å². The van der Waals surface area contributed by atoms with Crippen LogP contribution in [0.3, 0.4) is 0 Å². The van der Waals surface area contributed by atoms with E-state index in [1.165, 1.54) is 0 Å². The van der Waals surface area contributed by atoms with Crippen LogP contribution in [-0.4, -0.2) is 55.7 Å². The van der Waals surface area contributed by atoms with Crippen LogP contribution in [0.1, 0.15) is 71.2 Å². The van der Waals surface area contributed by atoms with Crippen LogP contribution in [0.2, 0.25) is 18.1 Å². The molecule has 0 saturated heterocycles. The number of aromatic nitrogens is 1. The number of carbonyl (C=O) groups excluding carboxylic acids is 1. The van der Waals surface area contributed by atoms with Crippen molar-refractivity contribution in [1.82, 2.24) is 9.88 Å². The van der Waals surface area contributed by atoms with Gasteiger partial charge in [-0.05, 0) is 70.7 Å². The standard InChI is InChI=1S/C26H43N3O4Si/c1-17-21(22-20(28-23(17)27)11-10-14-31-22)18-12-13-29(24(30)32-25(2,3)4)16-19(15-18)33-34(8,9)26(5,6)7/h12,19H,10-11,13-16H2,1-9H3,(H2,27,28). The maximum absolute atomic E-state index is 13.0. The first-order chi connectivity index (χ1) is 15.6. The molecule has 7 nitrogen and oxygen atoms in total. The summed E-state index contributed by atoms with van der Waals surface area (Å²) in [6, 6.07) is 0. The average Bonchev–Trinajstić information content (AvgIpc) is 2.89. The van der Waals surface area contributed by atoms with Crippen LogP contribution >= 0.6 is 0 Å². The number of aryl methyl sites for hydroxylation is 1. The fraction of sp³-hybridized carbons (Fsp3) is 0.692. The molecule has 0 radical (unpaired) electrons. The molecule has 0 fully saturated rings. The van der Waals surface area contributed by atoms with E-state index in [1.54, 1.807) is 4.90 Å². The molecule has 1 amide bonds. The van der Waals surface area contributed by atoms with Gasteiger partial charge in [0.15, 0.2) is 8.32 Å². The van der Waals surface area contributed by atoms with E-state index in [-0.39, 0.29) is 17.2 Å². The molecule has 1 unspecified atom stereocenters. The average molecular weight is 490 g/mol. The quantitative estimate of drug-likeness (QED) is 0.547. The van der Waals surface area contributed by atoms with Gasteiger partial charge in [0, 0.05) is 24.2 Å². The molecule has 8 heteroatoms. The van der Waals surface area contributed by atoms with Gasteiger partial charge in [0.25, 0.3) is 0 Å². The maximum Gasteiger partial charge on any atom is 0.410 e. The van der Waals surface area contributed by atoms with Crippen molar-refractivity contribution in [2.45, 2.75) is 97.6 Å². The second-order valence-electron chi connectivity index (χ2n) is 12.0. The van der Waals surface area contributed by atoms with Gasteiger partial charge in [-0.2, -0.15) is 0 Å². The Hall–Kier alpha value is -2.06. The Morgan fingerprint density at radius 1 is 1.24 bits per heavy atom. The summed E-state index contributed by atoms with van der Waals surface area (Å²) < 4.78 is 18.7. The minimum Gasteiger partial charge on any atom is -0.491 e. The second-order valence-corrected chi connectivity index (χ2v) is 16.8. The number of pyridine rings is 1. The number of nitrogens with two attached hydrogens (primary N) is 1. The third-order valence-electron chi connectivity index (χ3n) is 6.98. The fourth-order valence-corrected chi connectivity index (χ4v) is 5.48. The molecule has 0 aromatic carbocycles.